The molecule has 98 valence electrons. The number of hydrogen-bond donors (Lipinski definition) is 1. The van der Waals surface area contributed by atoms with Crippen LogP contribution in [0.15, 0.2) is 18.2 Å². The third-order valence-corrected chi connectivity index (χ3v) is 3.99. The van der Waals surface area contributed by atoms with Gasteiger partial charge in [-0.05, 0) is 54.9 Å². The van der Waals surface area contributed by atoms with Crippen molar-refractivity contribution in [2.45, 2.75) is 31.8 Å². The van der Waals surface area contributed by atoms with E-state index in [2.05, 4.69) is 6.07 Å². The molecule has 1 aliphatic carbocycles. The molecule has 1 fully saturated rings. The van der Waals surface area contributed by atoms with Crippen molar-refractivity contribution < 1.29 is 14.6 Å². The summed E-state index contributed by atoms with van der Waals surface area (Å²) in [5.41, 5.74) is 2.32. The first kappa shape index (κ1) is 12.0. The highest BCUT2D eigenvalue weighted by Crippen LogP contribution is 2.33. The number of aliphatic hydroxyl groups is 1. The smallest absolute Gasteiger partial charge is 0.119 e. The topological polar surface area (TPSA) is 38.7 Å². The summed E-state index contributed by atoms with van der Waals surface area (Å²) in [4.78, 5) is 0. The van der Waals surface area contributed by atoms with Crippen LogP contribution < -0.4 is 4.74 Å². The molecular weight excluding hydrogens is 228 g/mol. The van der Waals surface area contributed by atoms with Crippen LogP contribution in [-0.2, 0) is 11.2 Å². The zero-order valence-corrected chi connectivity index (χ0v) is 10.6. The molecule has 1 aromatic rings. The van der Waals surface area contributed by atoms with E-state index >= 15 is 0 Å². The monoisotopic (exact) mass is 248 g/mol. The number of rotatable bonds is 3. The Balaban J connectivity index is 1.60. The normalized spacial score (nSPS) is 23.9. The van der Waals surface area contributed by atoms with E-state index in [-0.39, 0.29) is 6.10 Å². The number of hydrogen-bond acceptors (Lipinski definition) is 3. The van der Waals surface area contributed by atoms with Crippen molar-refractivity contribution >= 4 is 0 Å². The van der Waals surface area contributed by atoms with Crippen molar-refractivity contribution in [3.63, 3.8) is 0 Å². The Kier molecular flexibility index (Phi) is 3.52. The molecule has 0 saturated carbocycles. The number of aryl methyl sites for hydroxylation is 1. The van der Waals surface area contributed by atoms with Crippen LogP contribution in [0.3, 0.4) is 0 Å². The summed E-state index contributed by atoms with van der Waals surface area (Å²) in [6.45, 7) is 2.51. The van der Waals surface area contributed by atoms with E-state index in [1.54, 1.807) is 0 Å². The molecule has 2 aliphatic rings. The van der Waals surface area contributed by atoms with E-state index in [4.69, 9.17) is 9.47 Å². The predicted molar refractivity (Wildman–Crippen MR) is 68.8 cm³/mol. The molecule has 1 heterocycles. The molecule has 3 nitrogen and oxygen atoms in total. The fraction of sp³-hybridized carbons (Fsp3) is 0.600. The Morgan fingerprint density at radius 3 is 2.89 bits per heavy atom. The molecule has 0 unspecified atom stereocenters. The van der Waals surface area contributed by atoms with Gasteiger partial charge in [-0.25, -0.2) is 0 Å². The van der Waals surface area contributed by atoms with Crippen molar-refractivity contribution in [2.24, 2.45) is 5.92 Å². The van der Waals surface area contributed by atoms with Crippen LogP contribution in [0.5, 0.6) is 5.75 Å². The lowest BCUT2D eigenvalue weighted by Crippen LogP contribution is -2.21. The standard InChI is InChI=1S/C15H20O3/c16-15-4-1-12-9-13(2-3-14(12)15)18-10-11-5-7-17-8-6-11/h2-3,9,11,15-16H,1,4-8,10H2/t15-/m0/s1. The third-order valence-electron chi connectivity index (χ3n) is 3.99. The Hall–Kier alpha value is -1.06. The van der Waals surface area contributed by atoms with E-state index in [0.29, 0.717) is 5.92 Å². The van der Waals surface area contributed by atoms with Gasteiger partial charge in [0.05, 0.1) is 12.7 Å². The summed E-state index contributed by atoms with van der Waals surface area (Å²) in [5, 5.41) is 9.75. The molecule has 0 radical (unpaired) electrons. The van der Waals surface area contributed by atoms with Crippen molar-refractivity contribution in [1.29, 1.82) is 0 Å². The molecule has 1 N–H and O–H groups in total. The van der Waals surface area contributed by atoms with Crippen LogP contribution in [0.1, 0.15) is 36.5 Å². The maximum atomic E-state index is 9.75. The van der Waals surface area contributed by atoms with Crippen LogP contribution in [0.4, 0.5) is 0 Å². The molecule has 3 rings (SSSR count). The first-order valence-electron chi connectivity index (χ1n) is 6.84. The Morgan fingerprint density at radius 1 is 1.22 bits per heavy atom. The van der Waals surface area contributed by atoms with Gasteiger partial charge in [-0.3, -0.25) is 0 Å². The van der Waals surface area contributed by atoms with E-state index < -0.39 is 0 Å². The van der Waals surface area contributed by atoms with Crippen LogP contribution in [0, 0.1) is 5.92 Å². The fourth-order valence-electron chi connectivity index (χ4n) is 2.79. The summed E-state index contributed by atoms with van der Waals surface area (Å²) in [6.07, 6.45) is 3.74. The molecule has 1 saturated heterocycles. The molecule has 0 spiro atoms. The maximum Gasteiger partial charge on any atom is 0.119 e. The Bertz CT molecular complexity index is 410. The quantitative estimate of drug-likeness (QED) is 0.893. The lowest BCUT2D eigenvalue weighted by Gasteiger charge is -2.22. The Morgan fingerprint density at radius 2 is 2.06 bits per heavy atom. The van der Waals surface area contributed by atoms with E-state index in [1.807, 2.05) is 12.1 Å². The number of benzene rings is 1. The molecule has 0 aromatic heterocycles. The van der Waals surface area contributed by atoms with Crippen molar-refractivity contribution in [2.75, 3.05) is 19.8 Å². The van der Waals surface area contributed by atoms with Gasteiger partial charge >= 0.3 is 0 Å². The van der Waals surface area contributed by atoms with Crippen LogP contribution in [0.2, 0.25) is 0 Å². The first-order chi connectivity index (χ1) is 8.83. The molecule has 18 heavy (non-hydrogen) atoms. The summed E-state index contributed by atoms with van der Waals surface area (Å²) in [7, 11) is 0. The zero-order chi connectivity index (χ0) is 12.4. The highest BCUT2D eigenvalue weighted by Gasteiger charge is 2.20. The minimum absolute atomic E-state index is 0.274. The average Bonchev–Trinajstić information content (AvgIpc) is 2.79. The van der Waals surface area contributed by atoms with Gasteiger partial charge in [0.25, 0.3) is 0 Å². The van der Waals surface area contributed by atoms with Crippen LogP contribution in [0.25, 0.3) is 0 Å². The summed E-state index contributed by atoms with van der Waals surface area (Å²) in [5.74, 6) is 1.56. The van der Waals surface area contributed by atoms with Crippen molar-refractivity contribution in [3.05, 3.63) is 29.3 Å². The minimum atomic E-state index is -0.274. The maximum absolute atomic E-state index is 9.75. The average molecular weight is 248 g/mol. The SMILES string of the molecule is O[C@H]1CCc2cc(OCC3CCOCC3)ccc21. The van der Waals surface area contributed by atoms with Gasteiger partial charge < -0.3 is 14.6 Å². The lowest BCUT2D eigenvalue weighted by molar-refractivity contribution is 0.0497. The second kappa shape index (κ2) is 5.29. The molecule has 1 atom stereocenters. The zero-order valence-electron chi connectivity index (χ0n) is 10.6. The van der Waals surface area contributed by atoms with Gasteiger partial charge in [0.15, 0.2) is 0 Å². The van der Waals surface area contributed by atoms with E-state index in [9.17, 15) is 5.11 Å². The number of aliphatic hydroxyl groups excluding tert-OH is 1. The van der Waals surface area contributed by atoms with Gasteiger partial charge in [-0.15, -0.1) is 0 Å². The molecule has 0 bridgehead atoms. The van der Waals surface area contributed by atoms with Crippen molar-refractivity contribution in [1.82, 2.24) is 0 Å². The first-order valence-corrected chi connectivity index (χ1v) is 6.84. The van der Waals surface area contributed by atoms with Crippen LogP contribution >= 0.6 is 0 Å². The highest BCUT2D eigenvalue weighted by molar-refractivity contribution is 5.39. The predicted octanol–water partition coefficient (Wildman–Crippen LogP) is 2.47. The molecule has 1 aliphatic heterocycles. The van der Waals surface area contributed by atoms with E-state index in [1.165, 1.54) is 5.56 Å². The van der Waals surface area contributed by atoms with E-state index in [0.717, 1.165) is 56.8 Å². The van der Waals surface area contributed by atoms with Crippen LogP contribution in [-0.4, -0.2) is 24.9 Å². The molecular formula is C15H20O3. The largest absolute Gasteiger partial charge is 0.493 e. The second-order valence-electron chi connectivity index (χ2n) is 5.28. The van der Waals surface area contributed by atoms with Gasteiger partial charge in [0, 0.05) is 13.2 Å². The molecule has 0 amide bonds. The summed E-state index contributed by atoms with van der Waals surface area (Å²) >= 11 is 0. The summed E-state index contributed by atoms with van der Waals surface area (Å²) in [6, 6.07) is 6.07. The fourth-order valence-corrected chi connectivity index (χ4v) is 2.79. The second-order valence-corrected chi connectivity index (χ2v) is 5.28. The number of fused-ring (bicyclic) bond motifs is 1. The van der Waals surface area contributed by atoms with Gasteiger partial charge in [0.2, 0.25) is 0 Å². The number of ether oxygens (including phenoxy) is 2. The third kappa shape index (κ3) is 2.52. The summed E-state index contributed by atoms with van der Waals surface area (Å²) < 4.78 is 11.2. The minimum Gasteiger partial charge on any atom is -0.493 e. The van der Waals surface area contributed by atoms with Gasteiger partial charge in [-0.1, -0.05) is 6.07 Å². The highest BCUT2D eigenvalue weighted by atomic mass is 16.5. The van der Waals surface area contributed by atoms with Gasteiger partial charge in [0.1, 0.15) is 5.75 Å². The molecule has 1 aromatic carbocycles. The van der Waals surface area contributed by atoms with Gasteiger partial charge in [-0.2, -0.15) is 0 Å². The molecule has 3 heteroatoms. The Labute approximate surface area is 108 Å². The van der Waals surface area contributed by atoms with Crippen molar-refractivity contribution in [3.8, 4) is 5.75 Å². The lowest BCUT2D eigenvalue weighted by atomic mass is 10.0.